The van der Waals surface area contributed by atoms with E-state index in [9.17, 15) is 0 Å². The molecule has 126 valence electrons. The van der Waals surface area contributed by atoms with Gasteiger partial charge >= 0.3 is 0 Å². The van der Waals surface area contributed by atoms with Crippen molar-refractivity contribution in [2.24, 2.45) is 0 Å². The van der Waals surface area contributed by atoms with Crippen LogP contribution in [0.4, 0.5) is 23.3 Å². The lowest BCUT2D eigenvalue weighted by molar-refractivity contribution is 0.171. The fourth-order valence-corrected chi connectivity index (χ4v) is 2.52. The molecule has 0 aliphatic carbocycles. The van der Waals surface area contributed by atoms with Crippen LogP contribution in [0.25, 0.3) is 0 Å². The highest BCUT2D eigenvalue weighted by molar-refractivity contribution is 6.28. The van der Waals surface area contributed by atoms with E-state index >= 15 is 0 Å². The number of anilines is 4. The Morgan fingerprint density at radius 1 is 0.760 bits per heavy atom. The van der Waals surface area contributed by atoms with Crippen molar-refractivity contribution in [2.75, 3.05) is 23.8 Å². The summed E-state index contributed by atoms with van der Waals surface area (Å²) in [5.41, 5.74) is 1.62. The maximum Gasteiger partial charge on any atom is 0.233 e. The number of ether oxygens (including phenoxy) is 2. The normalized spacial score (nSPS) is 12.5. The molecule has 1 aliphatic rings. The molecule has 2 aromatic carbocycles. The Hall–Kier alpha value is -3.06. The average molecular weight is 356 g/mol. The summed E-state index contributed by atoms with van der Waals surface area (Å²) in [6, 6.07) is 15.1. The van der Waals surface area contributed by atoms with E-state index in [1.165, 1.54) is 0 Å². The van der Waals surface area contributed by atoms with E-state index in [0.717, 1.165) is 17.1 Å². The first-order valence-electron chi connectivity index (χ1n) is 7.66. The SMILES string of the molecule is Clc1nc(Nc2ccccc2)nc(Nc2ccc3c(c2)OCCO3)n1. The fraction of sp³-hybridized carbons (Fsp3) is 0.118. The zero-order valence-corrected chi connectivity index (χ0v) is 13.8. The molecule has 3 aromatic rings. The van der Waals surface area contributed by atoms with Crippen molar-refractivity contribution in [2.45, 2.75) is 0 Å². The molecule has 0 unspecified atom stereocenters. The third kappa shape index (κ3) is 3.72. The fourth-order valence-electron chi connectivity index (χ4n) is 2.36. The maximum absolute atomic E-state index is 6.01. The summed E-state index contributed by atoms with van der Waals surface area (Å²) in [4.78, 5) is 12.5. The number of para-hydroxylation sites is 1. The number of hydrogen-bond donors (Lipinski definition) is 2. The zero-order valence-electron chi connectivity index (χ0n) is 13.1. The minimum absolute atomic E-state index is 0.0912. The molecule has 8 heteroatoms. The van der Waals surface area contributed by atoms with Crippen molar-refractivity contribution in [1.29, 1.82) is 0 Å². The topological polar surface area (TPSA) is 81.2 Å². The van der Waals surface area contributed by atoms with Crippen molar-refractivity contribution in [3.05, 3.63) is 53.8 Å². The monoisotopic (exact) mass is 355 g/mol. The summed E-state index contributed by atoms with van der Waals surface area (Å²) in [6.45, 7) is 1.08. The number of nitrogens with one attached hydrogen (secondary N) is 2. The Labute approximate surface area is 149 Å². The van der Waals surface area contributed by atoms with Gasteiger partial charge in [-0.05, 0) is 35.9 Å². The van der Waals surface area contributed by atoms with Gasteiger partial charge in [-0.1, -0.05) is 18.2 Å². The molecule has 7 nitrogen and oxygen atoms in total. The van der Waals surface area contributed by atoms with Crippen LogP contribution in [-0.2, 0) is 0 Å². The van der Waals surface area contributed by atoms with E-state index in [4.69, 9.17) is 21.1 Å². The van der Waals surface area contributed by atoms with Crippen LogP contribution >= 0.6 is 11.6 Å². The lowest BCUT2D eigenvalue weighted by Gasteiger charge is -2.19. The molecule has 0 bridgehead atoms. The number of halogens is 1. The second-order valence-corrected chi connectivity index (χ2v) is 5.56. The molecule has 25 heavy (non-hydrogen) atoms. The molecule has 1 aliphatic heterocycles. The first-order chi connectivity index (χ1) is 12.3. The van der Waals surface area contributed by atoms with Crippen LogP contribution in [0.3, 0.4) is 0 Å². The number of rotatable bonds is 4. The lowest BCUT2D eigenvalue weighted by Crippen LogP contribution is -2.15. The van der Waals surface area contributed by atoms with Gasteiger partial charge in [0.1, 0.15) is 13.2 Å². The summed E-state index contributed by atoms with van der Waals surface area (Å²) in [7, 11) is 0. The number of aromatic nitrogens is 3. The number of hydrogen-bond acceptors (Lipinski definition) is 7. The predicted octanol–water partition coefficient (Wildman–Crippen LogP) is 3.78. The summed E-state index contributed by atoms with van der Waals surface area (Å²) < 4.78 is 11.1. The quantitative estimate of drug-likeness (QED) is 0.737. The Balaban J connectivity index is 1.56. The van der Waals surface area contributed by atoms with Crippen molar-refractivity contribution >= 4 is 34.9 Å². The number of fused-ring (bicyclic) bond motifs is 1. The highest BCUT2D eigenvalue weighted by Crippen LogP contribution is 2.33. The molecular formula is C17H14ClN5O2. The Bertz CT molecular complexity index is 891. The highest BCUT2D eigenvalue weighted by atomic mass is 35.5. The molecular weight excluding hydrogens is 342 g/mol. The van der Waals surface area contributed by atoms with Gasteiger partial charge in [0.25, 0.3) is 0 Å². The summed E-state index contributed by atoms with van der Waals surface area (Å²) in [5.74, 6) is 2.08. The molecule has 0 atom stereocenters. The first kappa shape index (κ1) is 15.5. The Kier molecular flexibility index (Phi) is 4.22. The predicted molar refractivity (Wildman–Crippen MR) is 95.3 cm³/mol. The molecule has 0 amide bonds. The summed E-state index contributed by atoms with van der Waals surface area (Å²) in [6.07, 6.45) is 0. The van der Waals surface area contributed by atoms with E-state index < -0.39 is 0 Å². The van der Waals surface area contributed by atoms with Crippen molar-refractivity contribution in [3.63, 3.8) is 0 Å². The van der Waals surface area contributed by atoms with Gasteiger partial charge in [-0.25, -0.2) is 0 Å². The largest absolute Gasteiger partial charge is 0.486 e. The van der Waals surface area contributed by atoms with Crippen LogP contribution < -0.4 is 20.1 Å². The van der Waals surface area contributed by atoms with Gasteiger partial charge in [0.05, 0.1) is 0 Å². The van der Waals surface area contributed by atoms with Crippen LogP contribution in [0.15, 0.2) is 48.5 Å². The van der Waals surface area contributed by atoms with Crippen molar-refractivity contribution in [3.8, 4) is 11.5 Å². The molecule has 0 saturated heterocycles. The van der Waals surface area contributed by atoms with Gasteiger partial charge in [0.2, 0.25) is 17.2 Å². The van der Waals surface area contributed by atoms with Crippen LogP contribution in [0.5, 0.6) is 11.5 Å². The standard InChI is InChI=1S/C17H14ClN5O2/c18-15-21-16(19-11-4-2-1-3-5-11)23-17(22-15)20-12-6-7-13-14(10-12)25-9-8-24-13/h1-7,10H,8-9H2,(H2,19,20,21,22,23). The molecule has 0 saturated carbocycles. The second-order valence-electron chi connectivity index (χ2n) is 5.23. The minimum Gasteiger partial charge on any atom is -0.486 e. The molecule has 1 aromatic heterocycles. The lowest BCUT2D eigenvalue weighted by atomic mass is 10.2. The molecule has 2 heterocycles. The second kappa shape index (κ2) is 6.82. The number of nitrogens with zero attached hydrogens (tertiary/aromatic N) is 3. The van der Waals surface area contributed by atoms with Gasteiger partial charge in [0.15, 0.2) is 11.5 Å². The minimum atomic E-state index is 0.0912. The van der Waals surface area contributed by atoms with Crippen LogP contribution in [0.1, 0.15) is 0 Å². The molecule has 0 fully saturated rings. The van der Waals surface area contributed by atoms with E-state index in [1.54, 1.807) is 0 Å². The molecule has 0 radical (unpaired) electrons. The van der Waals surface area contributed by atoms with Gasteiger partial charge in [0, 0.05) is 17.4 Å². The molecule has 2 N–H and O–H groups in total. The van der Waals surface area contributed by atoms with Crippen LogP contribution in [0, 0.1) is 0 Å². The van der Waals surface area contributed by atoms with Gasteiger partial charge in [-0.15, -0.1) is 0 Å². The number of benzene rings is 2. The Morgan fingerprint density at radius 2 is 1.44 bits per heavy atom. The van der Waals surface area contributed by atoms with E-state index in [2.05, 4.69) is 25.6 Å². The van der Waals surface area contributed by atoms with E-state index in [-0.39, 0.29) is 5.28 Å². The van der Waals surface area contributed by atoms with Gasteiger partial charge < -0.3 is 20.1 Å². The van der Waals surface area contributed by atoms with Gasteiger partial charge in [-0.2, -0.15) is 15.0 Å². The zero-order chi connectivity index (χ0) is 17.1. The van der Waals surface area contributed by atoms with E-state index in [0.29, 0.717) is 30.9 Å². The van der Waals surface area contributed by atoms with Crippen molar-refractivity contribution < 1.29 is 9.47 Å². The Morgan fingerprint density at radius 3 is 2.20 bits per heavy atom. The molecule has 4 rings (SSSR count). The third-order valence-corrected chi connectivity index (χ3v) is 3.61. The van der Waals surface area contributed by atoms with Gasteiger partial charge in [-0.3, -0.25) is 0 Å². The van der Waals surface area contributed by atoms with E-state index in [1.807, 2.05) is 48.5 Å². The van der Waals surface area contributed by atoms with Crippen molar-refractivity contribution in [1.82, 2.24) is 15.0 Å². The average Bonchev–Trinajstić information content (AvgIpc) is 2.62. The molecule has 0 spiro atoms. The first-order valence-corrected chi connectivity index (χ1v) is 8.04. The smallest absolute Gasteiger partial charge is 0.233 e. The third-order valence-electron chi connectivity index (χ3n) is 3.44. The highest BCUT2D eigenvalue weighted by Gasteiger charge is 2.13. The summed E-state index contributed by atoms with van der Waals surface area (Å²) >= 11 is 6.01. The summed E-state index contributed by atoms with van der Waals surface area (Å²) in [5, 5.41) is 6.28. The van der Waals surface area contributed by atoms with Crippen LogP contribution in [-0.4, -0.2) is 28.2 Å². The van der Waals surface area contributed by atoms with Crippen LogP contribution in [0.2, 0.25) is 5.28 Å². The maximum atomic E-state index is 6.01.